The Balaban J connectivity index is 1.63. The molecule has 0 aliphatic carbocycles. The highest BCUT2D eigenvalue weighted by atomic mass is 32.2. The van der Waals surface area contributed by atoms with E-state index in [4.69, 9.17) is 4.74 Å². The van der Waals surface area contributed by atoms with Crippen LogP contribution in [0.15, 0.2) is 30.3 Å². The zero-order valence-electron chi connectivity index (χ0n) is 16.2. The smallest absolute Gasteiger partial charge is 0.303 e. The third-order valence-electron chi connectivity index (χ3n) is 4.87. The van der Waals surface area contributed by atoms with Crippen molar-refractivity contribution in [3.05, 3.63) is 35.9 Å². The summed E-state index contributed by atoms with van der Waals surface area (Å²) in [6, 6.07) is 8.15. The first-order valence-electron chi connectivity index (χ1n) is 9.47. The van der Waals surface area contributed by atoms with E-state index in [1.54, 1.807) is 35.2 Å². The number of carbonyl (C=O) groups is 4. The standard InChI is InChI=1S/C20H24N2O5S2/c1-14(24)27-18(15-6-3-2-4-7-15)19(26)21-11-17(25)22-13-20(10-16(22)12-23)28-8-5-9-29-20/h2-4,6-7,12,16,18H,5,8-11,13H2,1H3,(H,21,26)/t16-,18?/m0/s1. The number of rotatable bonds is 6. The van der Waals surface area contributed by atoms with E-state index in [0.29, 0.717) is 18.5 Å². The van der Waals surface area contributed by atoms with Gasteiger partial charge in [-0.3, -0.25) is 14.4 Å². The molecule has 2 fully saturated rings. The molecule has 1 unspecified atom stereocenters. The molecule has 9 heteroatoms. The molecule has 1 N–H and O–H groups in total. The maximum absolute atomic E-state index is 12.8. The molecule has 156 valence electrons. The van der Waals surface area contributed by atoms with Gasteiger partial charge in [-0.15, -0.1) is 23.5 Å². The molecule has 2 heterocycles. The lowest BCUT2D eigenvalue weighted by Gasteiger charge is -2.31. The second-order valence-corrected chi connectivity index (χ2v) is 10.2. The maximum Gasteiger partial charge on any atom is 0.303 e. The average Bonchev–Trinajstić information content (AvgIpc) is 3.09. The quantitative estimate of drug-likeness (QED) is 0.537. The number of likely N-dealkylation sites (tertiary alicyclic amines) is 1. The number of benzene rings is 1. The molecule has 2 amide bonds. The number of nitrogens with zero attached hydrogens (tertiary/aromatic N) is 1. The molecule has 2 aliphatic heterocycles. The molecule has 0 radical (unpaired) electrons. The Morgan fingerprint density at radius 2 is 1.97 bits per heavy atom. The van der Waals surface area contributed by atoms with Crippen molar-refractivity contribution >= 4 is 47.6 Å². The summed E-state index contributed by atoms with van der Waals surface area (Å²) in [6.07, 6.45) is 1.45. The lowest BCUT2D eigenvalue weighted by atomic mass is 10.1. The first-order chi connectivity index (χ1) is 13.9. The predicted molar refractivity (Wildman–Crippen MR) is 112 cm³/mol. The van der Waals surface area contributed by atoms with Crippen LogP contribution < -0.4 is 5.32 Å². The molecule has 0 bridgehead atoms. The normalized spacial score (nSPS) is 21.4. The van der Waals surface area contributed by atoms with Gasteiger partial charge in [0.05, 0.1) is 16.7 Å². The van der Waals surface area contributed by atoms with Gasteiger partial charge in [0.1, 0.15) is 6.29 Å². The highest BCUT2D eigenvalue weighted by Gasteiger charge is 2.47. The van der Waals surface area contributed by atoms with Gasteiger partial charge >= 0.3 is 5.97 Å². The summed E-state index contributed by atoms with van der Waals surface area (Å²) in [5, 5.41) is 2.56. The van der Waals surface area contributed by atoms with Crippen LogP contribution in [0.2, 0.25) is 0 Å². The summed E-state index contributed by atoms with van der Waals surface area (Å²) < 4.78 is 5.02. The largest absolute Gasteiger partial charge is 0.447 e. The molecular formula is C20H24N2O5S2. The minimum Gasteiger partial charge on any atom is -0.447 e. The number of amides is 2. The van der Waals surface area contributed by atoms with E-state index in [1.165, 1.54) is 6.92 Å². The summed E-state index contributed by atoms with van der Waals surface area (Å²) in [7, 11) is 0. The first-order valence-corrected chi connectivity index (χ1v) is 11.4. The van der Waals surface area contributed by atoms with E-state index >= 15 is 0 Å². The molecule has 0 saturated carbocycles. The van der Waals surface area contributed by atoms with E-state index in [1.807, 2.05) is 23.5 Å². The molecule has 1 aromatic rings. The van der Waals surface area contributed by atoms with E-state index in [9.17, 15) is 19.2 Å². The van der Waals surface area contributed by atoms with E-state index in [0.717, 1.165) is 24.2 Å². The Hall–Kier alpha value is -2.00. The summed E-state index contributed by atoms with van der Waals surface area (Å²) in [5.74, 6) is 0.581. The number of nitrogens with one attached hydrogen (secondary N) is 1. The molecular weight excluding hydrogens is 412 g/mol. The number of thioether (sulfide) groups is 2. The van der Waals surface area contributed by atoms with Gasteiger partial charge in [0.2, 0.25) is 12.0 Å². The predicted octanol–water partition coefficient (Wildman–Crippen LogP) is 1.77. The number of hydrogen-bond donors (Lipinski definition) is 1. The van der Waals surface area contributed by atoms with Crippen LogP contribution in [-0.4, -0.2) is 63.7 Å². The van der Waals surface area contributed by atoms with Gasteiger partial charge in [-0.05, 0) is 17.9 Å². The van der Waals surface area contributed by atoms with Crippen molar-refractivity contribution in [2.24, 2.45) is 0 Å². The molecule has 0 aromatic heterocycles. The van der Waals surface area contributed by atoms with Crippen LogP contribution in [0.3, 0.4) is 0 Å². The van der Waals surface area contributed by atoms with Gasteiger partial charge in [-0.2, -0.15) is 0 Å². The summed E-state index contributed by atoms with van der Waals surface area (Å²) >= 11 is 3.62. The van der Waals surface area contributed by atoms with Crippen LogP contribution >= 0.6 is 23.5 Å². The van der Waals surface area contributed by atoms with Gasteiger partial charge in [-0.25, -0.2) is 0 Å². The number of ether oxygens (including phenoxy) is 1. The minimum atomic E-state index is -1.13. The molecule has 1 spiro atoms. The zero-order valence-corrected chi connectivity index (χ0v) is 17.8. The topological polar surface area (TPSA) is 92.8 Å². The fourth-order valence-corrected chi connectivity index (χ4v) is 6.89. The minimum absolute atomic E-state index is 0.131. The highest BCUT2D eigenvalue weighted by molar-refractivity contribution is 8.18. The Morgan fingerprint density at radius 3 is 2.59 bits per heavy atom. The maximum atomic E-state index is 12.8. The van der Waals surface area contributed by atoms with Crippen molar-refractivity contribution in [2.75, 3.05) is 24.6 Å². The van der Waals surface area contributed by atoms with E-state index < -0.39 is 24.0 Å². The second-order valence-electron chi connectivity index (χ2n) is 7.01. The van der Waals surface area contributed by atoms with Gasteiger partial charge in [0, 0.05) is 25.5 Å². The first kappa shape index (κ1) is 21.7. The van der Waals surface area contributed by atoms with Crippen LogP contribution in [-0.2, 0) is 23.9 Å². The number of esters is 1. The summed E-state index contributed by atoms with van der Waals surface area (Å²) in [6.45, 7) is 1.47. The van der Waals surface area contributed by atoms with Crippen molar-refractivity contribution < 1.29 is 23.9 Å². The molecule has 2 atom stereocenters. The van der Waals surface area contributed by atoms with Gasteiger partial charge < -0.3 is 19.7 Å². The van der Waals surface area contributed by atoms with Crippen LogP contribution in [0.5, 0.6) is 0 Å². The van der Waals surface area contributed by atoms with Crippen molar-refractivity contribution in [3.63, 3.8) is 0 Å². The SMILES string of the molecule is CC(=O)OC(C(=O)NCC(=O)N1CC2(C[C@H]1C=O)SCCCS2)c1ccccc1. The third kappa shape index (κ3) is 5.33. The Labute approximate surface area is 178 Å². The Kier molecular flexibility index (Phi) is 7.23. The number of aldehydes is 1. The lowest BCUT2D eigenvalue weighted by molar-refractivity contribution is -0.154. The molecule has 2 aliphatic rings. The molecule has 1 aromatic carbocycles. The monoisotopic (exact) mass is 436 g/mol. The number of hydrogen-bond acceptors (Lipinski definition) is 7. The average molecular weight is 437 g/mol. The van der Waals surface area contributed by atoms with Crippen LogP contribution in [0.1, 0.15) is 31.4 Å². The fraction of sp³-hybridized carbons (Fsp3) is 0.500. The molecule has 2 saturated heterocycles. The van der Waals surface area contributed by atoms with Gasteiger partial charge in [0.25, 0.3) is 5.91 Å². The van der Waals surface area contributed by atoms with Gasteiger partial charge in [-0.1, -0.05) is 30.3 Å². The molecule has 29 heavy (non-hydrogen) atoms. The zero-order chi connectivity index (χ0) is 20.9. The van der Waals surface area contributed by atoms with Crippen LogP contribution in [0, 0.1) is 0 Å². The Bertz CT molecular complexity index is 767. The van der Waals surface area contributed by atoms with Crippen molar-refractivity contribution in [1.82, 2.24) is 10.2 Å². The highest BCUT2D eigenvalue weighted by Crippen LogP contribution is 2.49. The van der Waals surface area contributed by atoms with E-state index in [2.05, 4.69) is 5.32 Å². The van der Waals surface area contributed by atoms with E-state index in [-0.39, 0.29) is 16.5 Å². The Morgan fingerprint density at radius 1 is 1.28 bits per heavy atom. The third-order valence-corrected chi connectivity index (χ3v) is 8.20. The van der Waals surface area contributed by atoms with Crippen LogP contribution in [0.4, 0.5) is 0 Å². The number of carbonyl (C=O) groups excluding carboxylic acids is 4. The lowest BCUT2D eigenvalue weighted by Crippen LogP contribution is -2.45. The van der Waals surface area contributed by atoms with Gasteiger partial charge in [0.15, 0.2) is 0 Å². The second kappa shape index (κ2) is 9.67. The van der Waals surface area contributed by atoms with Crippen molar-refractivity contribution in [3.8, 4) is 0 Å². The summed E-state index contributed by atoms with van der Waals surface area (Å²) in [4.78, 5) is 49.9. The fourth-order valence-electron chi connectivity index (χ4n) is 3.51. The van der Waals surface area contributed by atoms with Crippen molar-refractivity contribution in [1.29, 1.82) is 0 Å². The molecule has 7 nitrogen and oxygen atoms in total. The molecule has 3 rings (SSSR count). The van der Waals surface area contributed by atoms with Crippen molar-refractivity contribution in [2.45, 2.75) is 36.0 Å². The van der Waals surface area contributed by atoms with Crippen LogP contribution in [0.25, 0.3) is 0 Å². The summed E-state index contributed by atoms with van der Waals surface area (Å²) in [5.41, 5.74) is 0.522.